The average molecular weight is 463 g/mol. The Bertz CT molecular complexity index is 1010. The number of benzene rings is 2. The Morgan fingerprint density at radius 3 is 2.90 bits per heavy atom. The molecule has 2 aromatic carbocycles. The molecule has 1 aliphatic heterocycles. The standard InChI is InChI=1S/C21H23ClN4O2S2/c22-17-4-2-1-3-15(17)14-23-20(29)25-21-24-18-6-5-16(13-19(18)30-21)28-12-9-26-7-10-27-11-8-26/h1-6,13H,7-12,14H2,(H2,23,24,25,29). The van der Waals surface area contributed by atoms with Gasteiger partial charge in [-0.15, -0.1) is 0 Å². The molecule has 0 aliphatic carbocycles. The van der Waals surface area contributed by atoms with E-state index >= 15 is 0 Å². The SMILES string of the molecule is S=C(NCc1ccccc1Cl)Nc1nc2ccc(OCCN3CCOCC3)cc2s1. The molecule has 1 aromatic heterocycles. The first-order valence-electron chi connectivity index (χ1n) is 9.79. The van der Waals surface area contributed by atoms with Crippen molar-refractivity contribution in [3.8, 4) is 5.75 Å². The van der Waals surface area contributed by atoms with Gasteiger partial charge in [-0.3, -0.25) is 4.90 Å². The van der Waals surface area contributed by atoms with E-state index in [1.807, 2.05) is 42.5 Å². The molecule has 2 heterocycles. The summed E-state index contributed by atoms with van der Waals surface area (Å²) < 4.78 is 12.4. The van der Waals surface area contributed by atoms with Crippen LogP contribution in [0.15, 0.2) is 42.5 Å². The zero-order valence-corrected chi connectivity index (χ0v) is 18.8. The third-order valence-corrected chi connectivity index (χ3v) is 6.31. The number of fused-ring (bicyclic) bond motifs is 1. The highest BCUT2D eigenvalue weighted by Crippen LogP contribution is 2.29. The molecule has 0 amide bonds. The molecule has 1 aliphatic rings. The molecular formula is C21H23ClN4O2S2. The molecule has 9 heteroatoms. The van der Waals surface area contributed by atoms with Crippen LogP contribution in [-0.2, 0) is 11.3 Å². The van der Waals surface area contributed by atoms with Crippen LogP contribution in [-0.4, -0.2) is 54.5 Å². The van der Waals surface area contributed by atoms with Crippen LogP contribution in [0.3, 0.4) is 0 Å². The van der Waals surface area contributed by atoms with Crippen LogP contribution in [0.5, 0.6) is 5.75 Å². The minimum absolute atomic E-state index is 0.510. The molecule has 0 radical (unpaired) electrons. The predicted octanol–water partition coefficient (Wildman–Crippen LogP) is 4.15. The van der Waals surface area contributed by atoms with Crippen molar-refractivity contribution in [3.05, 3.63) is 53.1 Å². The van der Waals surface area contributed by atoms with Crippen molar-refractivity contribution in [2.24, 2.45) is 0 Å². The van der Waals surface area contributed by atoms with E-state index in [1.165, 1.54) is 0 Å². The number of ether oxygens (including phenoxy) is 2. The number of rotatable bonds is 7. The number of morpholine rings is 1. The summed E-state index contributed by atoms with van der Waals surface area (Å²) in [4.78, 5) is 6.95. The molecule has 158 valence electrons. The van der Waals surface area contributed by atoms with Crippen molar-refractivity contribution < 1.29 is 9.47 Å². The lowest BCUT2D eigenvalue weighted by Gasteiger charge is -2.26. The van der Waals surface area contributed by atoms with Crippen molar-refractivity contribution in [2.75, 3.05) is 44.8 Å². The molecule has 2 N–H and O–H groups in total. The Morgan fingerprint density at radius 1 is 1.23 bits per heavy atom. The maximum atomic E-state index is 6.18. The number of hydrogen-bond donors (Lipinski definition) is 2. The quantitative estimate of drug-likeness (QED) is 0.511. The van der Waals surface area contributed by atoms with E-state index in [4.69, 9.17) is 33.3 Å². The highest BCUT2D eigenvalue weighted by Gasteiger charge is 2.11. The second kappa shape index (κ2) is 10.4. The fourth-order valence-electron chi connectivity index (χ4n) is 3.12. The highest BCUT2D eigenvalue weighted by molar-refractivity contribution is 7.80. The molecule has 3 aromatic rings. The number of nitrogens with one attached hydrogen (secondary N) is 2. The number of aromatic nitrogens is 1. The Labute approximate surface area is 190 Å². The molecule has 30 heavy (non-hydrogen) atoms. The van der Waals surface area contributed by atoms with Gasteiger partial charge in [-0.25, -0.2) is 4.98 Å². The van der Waals surface area contributed by atoms with Gasteiger partial charge in [-0.2, -0.15) is 0 Å². The molecule has 0 atom stereocenters. The molecule has 0 spiro atoms. The maximum Gasteiger partial charge on any atom is 0.190 e. The number of thiocarbonyl (C=S) groups is 1. The first-order chi connectivity index (χ1) is 14.7. The second-order valence-corrected chi connectivity index (χ2v) is 8.70. The van der Waals surface area contributed by atoms with E-state index in [2.05, 4.69) is 20.5 Å². The Balaban J connectivity index is 1.29. The van der Waals surface area contributed by atoms with Gasteiger partial charge in [0.15, 0.2) is 10.2 Å². The van der Waals surface area contributed by atoms with E-state index in [0.29, 0.717) is 23.3 Å². The van der Waals surface area contributed by atoms with Crippen molar-refractivity contribution in [3.63, 3.8) is 0 Å². The fourth-order valence-corrected chi connectivity index (χ4v) is 4.46. The van der Waals surface area contributed by atoms with Crippen molar-refractivity contribution in [2.45, 2.75) is 6.54 Å². The zero-order valence-electron chi connectivity index (χ0n) is 16.4. The summed E-state index contributed by atoms with van der Waals surface area (Å²) in [6.07, 6.45) is 0. The summed E-state index contributed by atoms with van der Waals surface area (Å²) in [5.74, 6) is 0.852. The maximum absolute atomic E-state index is 6.18. The fraction of sp³-hybridized carbons (Fsp3) is 0.333. The van der Waals surface area contributed by atoms with Gasteiger partial charge < -0.3 is 20.1 Å². The monoisotopic (exact) mass is 462 g/mol. The summed E-state index contributed by atoms with van der Waals surface area (Å²) in [6.45, 7) is 5.66. The summed E-state index contributed by atoms with van der Waals surface area (Å²) in [6, 6.07) is 13.6. The van der Waals surface area contributed by atoms with E-state index in [-0.39, 0.29) is 0 Å². The van der Waals surface area contributed by atoms with Gasteiger partial charge in [-0.05, 0) is 42.0 Å². The first-order valence-corrected chi connectivity index (χ1v) is 11.4. The van der Waals surface area contributed by atoms with E-state index in [0.717, 1.165) is 59.5 Å². The van der Waals surface area contributed by atoms with Crippen LogP contribution in [0, 0.1) is 0 Å². The third kappa shape index (κ3) is 5.80. The highest BCUT2D eigenvalue weighted by atomic mass is 35.5. The summed E-state index contributed by atoms with van der Waals surface area (Å²) >= 11 is 13.1. The molecule has 1 fully saturated rings. The third-order valence-electron chi connectivity index (χ3n) is 4.76. The molecule has 0 saturated carbocycles. The Hall–Kier alpha value is -1.97. The van der Waals surface area contributed by atoms with Gasteiger partial charge in [0.2, 0.25) is 0 Å². The van der Waals surface area contributed by atoms with Crippen molar-refractivity contribution in [1.82, 2.24) is 15.2 Å². The predicted molar refractivity (Wildman–Crippen MR) is 127 cm³/mol. The first kappa shape index (κ1) is 21.3. The largest absolute Gasteiger partial charge is 0.492 e. The van der Waals surface area contributed by atoms with E-state index in [9.17, 15) is 0 Å². The van der Waals surface area contributed by atoms with Crippen LogP contribution in [0.1, 0.15) is 5.56 Å². The number of nitrogens with zero attached hydrogens (tertiary/aromatic N) is 2. The van der Waals surface area contributed by atoms with Crippen molar-refractivity contribution in [1.29, 1.82) is 0 Å². The van der Waals surface area contributed by atoms with Gasteiger partial charge in [0.1, 0.15) is 12.4 Å². The van der Waals surface area contributed by atoms with Gasteiger partial charge >= 0.3 is 0 Å². The van der Waals surface area contributed by atoms with Gasteiger partial charge in [0, 0.05) is 31.2 Å². The average Bonchev–Trinajstić information content (AvgIpc) is 3.15. The van der Waals surface area contributed by atoms with Gasteiger partial charge in [0.05, 0.1) is 23.4 Å². The lowest BCUT2D eigenvalue weighted by Crippen LogP contribution is -2.38. The number of thiazole rings is 1. The molecular weight excluding hydrogens is 440 g/mol. The molecule has 1 saturated heterocycles. The van der Waals surface area contributed by atoms with E-state index < -0.39 is 0 Å². The molecule has 4 rings (SSSR count). The van der Waals surface area contributed by atoms with Crippen LogP contribution in [0.25, 0.3) is 10.2 Å². The van der Waals surface area contributed by atoms with Crippen LogP contribution in [0.2, 0.25) is 5.02 Å². The van der Waals surface area contributed by atoms with Gasteiger partial charge in [-0.1, -0.05) is 41.1 Å². The van der Waals surface area contributed by atoms with E-state index in [1.54, 1.807) is 11.3 Å². The summed E-state index contributed by atoms with van der Waals surface area (Å²) in [7, 11) is 0. The Morgan fingerprint density at radius 2 is 2.07 bits per heavy atom. The minimum Gasteiger partial charge on any atom is -0.492 e. The topological polar surface area (TPSA) is 58.7 Å². The lowest BCUT2D eigenvalue weighted by atomic mass is 10.2. The normalized spacial score (nSPS) is 14.6. The summed E-state index contributed by atoms with van der Waals surface area (Å²) in [5.41, 5.74) is 1.91. The van der Waals surface area contributed by atoms with Gasteiger partial charge in [0.25, 0.3) is 0 Å². The van der Waals surface area contributed by atoms with Crippen LogP contribution in [0.4, 0.5) is 5.13 Å². The Kier molecular flexibility index (Phi) is 7.35. The number of halogens is 1. The van der Waals surface area contributed by atoms with Crippen LogP contribution < -0.4 is 15.4 Å². The van der Waals surface area contributed by atoms with Crippen molar-refractivity contribution >= 4 is 55.6 Å². The van der Waals surface area contributed by atoms with Crippen LogP contribution >= 0.6 is 35.2 Å². The zero-order chi connectivity index (χ0) is 20.8. The molecule has 0 bridgehead atoms. The second-order valence-electron chi connectivity index (χ2n) is 6.85. The number of hydrogen-bond acceptors (Lipinski definition) is 6. The smallest absolute Gasteiger partial charge is 0.190 e. The lowest BCUT2D eigenvalue weighted by molar-refractivity contribution is 0.0322. The molecule has 0 unspecified atom stereocenters. The number of anilines is 1. The summed E-state index contributed by atoms with van der Waals surface area (Å²) in [5, 5.41) is 8.29. The molecule has 6 nitrogen and oxygen atoms in total. The minimum atomic E-state index is 0.510.